The molecule has 2 aliphatic heterocycles. The highest BCUT2D eigenvalue weighted by atomic mass is 16.5. The molecule has 1 aliphatic carbocycles. The number of morpholine rings is 2. The summed E-state index contributed by atoms with van der Waals surface area (Å²) in [5, 5.41) is 0. The highest BCUT2D eigenvalue weighted by Crippen LogP contribution is 2.36. The van der Waals surface area contributed by atoms with Gasteiger partial charge in [-0.05, 0) is 25.2 Å². The third-order valence-electron chi connectivity index (χ3n) is 6.45. The lowest BCUT2D eigenvalue weighted by Crippen LogP contribution is -2.46. The number of carbonyl (C=O) groups excluding carboxylic acids is 2. The molecule has 178 valence electrons. The smallest absolute Gasteiger partial charge is 0.308 e. The zero-order valence-corrected chi connectivity index (χ0v) is 18.8. The standard InChI is InChI=1S/C22H38N2O7/c1-27-10-4-21(25)30-14-9-24-8-13-29-20(17-24)18-2-3-19(16-18)22(26)31-15-7-23-5-11-28-12-6-23/h18-20H,2-17H2,1H3. The largest absolute Gasteiger partial charge is 0.464 e. The summed E-state index contributed by atoms with van der Waals surface area (Å²) in [7, 11) is 1.57. The minimum atomic E-state index is -0.225. The van der Waals surface area contributed by atoms with E-state index in [4.69, 9.17) is 23.7 Å². The van der Waals surface area contributed by atoms with Crippen LogP contribution in [0.25, 0.3) is 0 Å². The average Bonchev–Trinajstić information content (AvgIpc) is 3.29. The Morgan fingerprint density at radius 1 is 0.935 bits per heavy atom. The van der Waals surface area contributed by atoms with Crippen LogP contribution >= 0.6 is 0 Å². The highest BCUT2D eigenvalue weighted by Gasteiger charge is 2.37. The van der Waals surface area contributed by atoms with Crippen molar-refractivity contribution in [3.05, 3.63) is 0 Å². The normalized spacial score (nSPS) is 27.8. The fourth-order valence-corrected chi connectivity index (χ4v) is 4.55. The van der Waals surface area contributed by atoms with Crippen LogP contribution in [0.5, 0.6) is 0 Å². The molecule has 3 aliphatic rings. The number of hydrogen-bond acceptors (Lipinski definition) is 9. The molecular formula is C22H38N2O7. The van der Waals surface area contributed by atoms with Gasteiger partial charge in [0.05, 0.1) is 44.9 Å². The Bertz CT molecular complexity index is 556. The predicted molar refractivity (Wildman–Crippen MR) is 113 cm³/mol. The lowest BCUT2D eigenvalue weighted by Gasteiger charge is -2.35. The first-order valence-electron chi connectivity index (χ1n) is 11.6. The summed E-state index contributed by atoms with van der Waals surface area (Å²) < 4.78 is 27.1. The first kappa shape index (κ1) is 24.4. The lowest BCUT2D eigenvalue weighted by atomic mass is 9.97. The maximum Gasteiger partial charge on any atom is 0.308 e. The number of rotatable bonds is 11. The number of esters is 2. The average molecular weight is 443 g/mol. The molecule has 0 N–H and O–H groups in total. The van der Waals surface area contributed by atoms with Crippen molar-refractivity contribution in [1.29, 1.82) is 0 Å². The number of carbonyl (C=O) groups is 2. The molecule has 0 aromatic heterocycles. The maximum atomic E-state index is 12.5. The van der Waals surface area contributed by atoms with E-state index in [-0.39, 0.29) is 30.4 Å². The van der Waals surface area contributed by atoms with Crippen LogP contribution in [-0.2, 0) is 33.3 Å². The molecule has 3 rings (SSSR count). The molecule has 9 heteroatoms. The van der Waals surface area contributed by atoms with E-state index in [0.717, 1.165) is 65.2 Å². The molecule has 2 saturated heterocycles. The molecule has 0 aromatic rings. The monoisotopic (exact) mass is 442 g/mol. The van der Waals surface area contributed by atoms with Crippen molar-refractivity contribution >= 4 is 11.9 Å². The van der Waals surface area contributed by atoms with E-state index < -0.39 is 0 Å². The van der Waals surface area contributed by atoms with Gasteiger partial charge in [-0.15, -0.1) is 0 Å². The Kier molecular flexibility index (Phi) is 10.5. The molecule has 9 nitrogen and oxygen atoms in total. The van der Waals surface area contributed by atoms with Gasteiger partial charge >= 0.3 is 11.9 Å². The third kappa shape index (κ3) is 8.31. The van der Waals surface area contributed by atoms with E-state index in [2.05, 4.69) is 9.80 Å². The second kappa shape index (κ2) is 13.3. The molecule has 3 unspecified atom stereocenters. The molecule has 3 atom stereocenters. The summed E-state index contributed by atoms with van der Waals surface area (Å²) in [6, 6.07) is 0. The van der Waals surface area contributed by atoms with Gasteiger partial charge in [0.2, 0.25) is 0 Å². The Morgan fingerprint density at radius 3 is 2.48 bits per heavy atom. The van der Waals surface area contributed by atoms with Gasteiger partial charge in [-0.25, -0.2) is 0 Å². The predicted octanol–water partition coefficient (Wildman–Crippen LogP) is 0.559. The minimum Gasteiger partial charge on any atom is -0.464 e. The molecule has 0 aromatic carbocycles. The molecule has 0 bridgehead atoms. The van der Waals surface area contributed by atoms with Crippen molar-refractivity contribution in [3.63, 3.8) is 0 Å². The first-order chi connectivity index (χ1) is 15.2. The summed E-state index contributed by atoms with van der Waals surface area (Å²) >= 11 is 0. The van der Waals surface area contributed by atoms with E-state index in [9.17, 15) is 9.59 Å². The van der Waals surface area contributed by atoms with Crippen LogP contribution in [0.2, 0.25) is 0 Å². The molecule has 1 saturated carbocycles. The quantitative estimate of drug-likeness (QED) is 0.426. The number of ether oxygens (including phenoxy) is 5. The van der Waals surface area contributed by atoms with Gasteiger partial charge in [0, 0.05) is 46.4 Å². The number of nitrogens with zero attached hydrogens (tertiary/aromatic N) is 2. The molecule has 31 heavy (non-hydrogen) atoms. The summed E-state index contributed by atoms with van der Waals surface area (Å²) in [4.78, 5) is 28.6. The van der Waals surface area contributed by atoms with Crippen LogP contribution in [0, 0.1) is 11.8 Å². The van der Waals surface area contributed by atoms with Gasteiger partial charge in [-0.2, -0.15) is 0 Å². The van der Waals surface area contributed by atoms with Crippen molar-refractivity contribution < 1.29 is 33.3 Å². The van der Waals surface area contributed by atoms with Crippen molar-refractivity contribution in [2.45, 2.75) is 31.8 Å². The van der Waals surface area contributed by atoms with E-state index in [1.807, 2.05) is 0 Å². The van der Waals surface area contributed by atoms with Gasteiger partial charge in [-0.3, -0.25) is 19.4 Å². The fourth-order valence-electron chi connectivity index (χ4n) is 4.55. The first-order valence-corrected chi connectivity index (χ1v) is 11.6. The molecule has 0 radical (unpaired) electrons. The van der Waals surface area contributed by atoms with Crippen LogP contribution in [0.3, 0.4) is 0 Å². The van der Waals surface area contributed by atoms with Crippen molar-refractivity contribution in [1.82, 2.24) is 9.80 Å². The Labute approximate surface area is 185 Å². The van der Waals surface area contributed by atoms with Crippen molar-refractivity contribution in [3.8, 4) is 0 Å². The van der Waals surface area contributed by atoms with E-state index in [1.165, 1.54) is 0 Å². The fraction of sp³-hybridized carbons (Fsp3) is 0.909. The Balaban J connectivity index is 1.31. The summed E-state index contributed by atoms with van der Waals surface area (Å²) in [5.41, 5.74) is 0. The Hall–Kier alpha value is -1.26. The number of methoxy groups -OCH3 is 1. The minimum absolute atomic E-state index is 0.0181. The van der Waals surface area contributed by atoms with Gasteiger partial charge in [0.1, 0.15) is 13.2 Å². The van der Waals surface area contributed by atoms with Crippen molar-refractivity contribution in [2.24, 2.45) is 11.8 Å². The van der Waals surface area contributed by atoms with E-state index in [0.29, 0.717) is 38.9 Å². The van der Waals surface area contributed by atoms with Gasteiger partial charge in [0.25, 0.3) is 0 Å². The van der Waals surface area contributed by atoms with Gasteiger partial charge in [0.15, 0.2) is 0 Å². The van der Waals surface area contributed by atoms with Crippen LogP contribution in [0.4, 0.5) is 0 Å². The summed E-state index contributed by atoms with van der Waals surface area (Å²) in [6.07, 6.45) is 3.12. The zero-order chi connectivity index (χ0) is 21.9. The van der Waals surface area contributed by atoms with Crippen LogP contribution in [0.1, 0.15) is 25.7 Å². The molecule has 2 heterocycles. The molecule has 0 amide bonds. The highest BCUT2D eigenvalue weighted by molar-refractivity contribution is 5.72. The Morgan fingerprint density at radius 2 is 1.68 bits per heavy atom. The second-order valence-electron chi connectivity index (χ2n) is 8.56. The van der Waals surface area contributed by atoms with Gasteiger partial charge < -0.3 is 23.7 Å². The van der Waals surface area contributed by atoms with Crippen LogP contribution in [-0.4, -0.2) is 114 Å². The zero-order valence-electron chi connectivity index (χ0n) is 18.8. The second-order valence-corrected chi connectivity index (χ2v) is 8.56. The molecule has 0 spiro atoms. The molecule has 3 fully saturated rings. The number of hydrogen-bond donors (Lipinski definition) is 0. The van der Waals surface area contributed by atoms with Gasteiger partial charge in [-0.1, -0.05) is 0 Å². The molecular weight excluding hydrogens is 404 g/mol. The van der Waals surface area contributed by atoms with E-state index >= 15 is 0 Å². The third-order valence-corrected chi connectivity index (χ3v) is 6.45. The topological polar surface area (TPSA) is 86.8 Å². The summed E-state index contributed by atoms with van der Waals surface area (Å²) in [6.45, 7) is 8.38. The SMILES string of the molecule is COCCC(=O)OCCN1CCOC(C2CCC(C(=O)OCCN3CCOCC3)C2)C1. The lowest BCUT2D eigenvalue weighted by molar-refractivity contribution is -0.149. The van der Waals surface area contributed by atoms with Crippen LogP contribution < -0.4 is 0 Å². The summed E-state index contributed by atoms with van der Waals surface area (Å²) in [5.74, 6) is 0.0723. The maximum absolute atomic E-state index is 12.5. The van der Waals surface area contributed by atoms with Crippen molar-refractivity contribution in [2.75, 3.05) is 86.0 Å². The van der Waals surface area contributed by atoms with Crippen LogP contribution in [0.15, 0.2) is 0 Å². The van der Waals surface area contributed by atoms with E-state index in [1.54, 1.807) is 7.11 Å².